The number of thioether (sulfide) groups is 1. The van der Waals surface area contributed by atoms with Crippen molar-refractivity contribution in [1.29, 1.82) is 0 Å². The van der Waals surface area contributed by atoms with Gasteiger partial charge in [0.1, 0.15) is 18.2 Å². The molecule has 4 rings (SSSR count). The third kappa shape index (κ3) is 5.53. The van der Waals surface area contributed by atoms with Crippen LogP contribution in [0, 0.1) is 5.82 Å². The Kier molecular flexibility index (Phi) is 7.26. The van der Waals surface area contributed by atoms with Crippen molar-refractivity contribution in [3.05, 3.63) is 94.0 Å². The first-order valence-corrected chi connectivity index (χ1v) is 11.4. The first-order valence-electron chi connectivity index (χ1n) is 10.1. The Hall–Kier alpha value is -3.36. The van der Waals surface area contributed by atoms with Gasteiger partial charge in [-0.1, -0.05) is 53.7 Å². The third-order valence-corrected chi connectivity index (χ3v) is 5.90. The van der Waals surface area contributed by atoms with E-state index in [0.717, 1.165) is 17.5 Å². The van der Waals surface area contributed by atoms with E-state index >= 15 is 0 Å². The zero-order chi connectivity index (χ0) is 23.2. The number of benzene rings is 3. The fraction of sp³-hybridized carbons (Fsp3) is 0.125. The molecule has 33 heavy (non-hydrogen) atoms. The molecular weight excluding hydrogens is 465 g/mol. The van der Waals surface area contributed by atoms with E-state index in [1.807, 2.05) is 30.3 Å². The molecule has 1 aromatic heterocycles. The van der Waals surface area contributed by atoms with E-state index in [9.17, 15) is 14.0 Å². The first kappa shape index (κ1) is 22.8. The monoisotopic (exact) mass is 483 g/mol. The molecule has 6 nitrogen and oxygen atoms in total. The molecule has 1 amide bonds. The van der Waals surface area contributed by atoms with Crippen LogP contribution in [0.4, 0.5) is 4.39 Å². The Balaban J connectivity index is 1.50. The molecule has 0 unspecified atom stereocenters. The van der Waals surface area contributed by atoms with E-state index < -0.39 is 5.82 Å². The molecule has 0 saturated carbocycles. The second kappa shape index (κ2) is 10.5. The van der Waals surface area contributed by atoms with Crippen molar-refractivity contribution in [3.8, 4) is 11.4 Å². The van der Waals surface area contributed by atoms with Gasteiger partial charge in [0.15, 0.2) is 5.16 Å². The van der Waals surface area contributed by atoms with Gasteiger partial charge < -0.3 is 10.1 Å². The van der Waals surface area contributed by atoms with Crippen molar-refractivity contribution in [1.82, 2.24) is 14.9 Å². The van der Waals surface area contributed by atoms with Crippen molar-refractivity contribution in [2.24, 2.45) is 0 Å². The van der Waals surface area contributed by atoms with Crippen LogP contribution in [0.25, 0.3) is 16.6 Å². The molecule has 0 spiro atoms. The zero-order valence-corrected chi connectivity index (χ0v) is 18.9. The number of amides is 1. The van der Waals surface area contributed by atoms with Crippen LogP contribution in [-0.4, -0.2) is 34.4 Å². The largest absolute Gasteiger partial charge is 0.492 e. The molecule has 0 aliphatic heterocycles. The molecule has 4 aromatic rings. The number of nitrogens with zero attached hydrogens (tertiary/aromatic N) is 2. The summed E-state index contributed by atoms with van der Waals surface area (Å²) in [5.74, 6) is -0.0647. The lowest BCUT2D eigenvalue weighted by atomic mass is 10.2. The van der Waals surface area contributed by atoms with Gasteiger partial charge >= 0.3 is 0 Å². The van der Waals surface area contributed by atoms with Crippen molar-refractivity contribution in [2.75, 3.05) is 18.9 Å². The third-order valence-electron chi connectivity index (χ3n) is 4.67. The minimum Gasteiger partial charge on any atom is -0.492 e. The number of halogens is 2. The Bertz CT molecular complexity index is 1350. The molecule has 0 aliphatic rings. The minimum atomic E-state index is -0.589. The van der Waals surface area contributed by atoms with Crippen molar-refractivity contribution in [3.63, 3.8) is 0 Å². The highest BCUT2D eigenvalue weighted by atomic mass is 35.5. The molecule has 0 saturated heterocycles. The van der Waals surface area contributed by atoms with Gasteiger partial charge in [0.05, 0.1) is 33.9 Å². The molecule has 3 aromatic carbocycles. The number of carbonyl (C=O) groups is 1. The Morgan fingerprint density at radius 3 is 2.64 bits per heavy atom. The molecule has 0 fully saturated rings. The van der Waals surface area contributed by atoms with Gasteiger partial charge in [0.2, 0.25) is 5.91 Å². The summed E-state index contributed by atoms with van der Waals surface area (Å²) in [6.07, 6.45) is 0. The van der Waals surface area contributed by atoms with E-state index in [4.69, 9.17) is 16.3 Å². The number of rotatable bonds is 8. The Labute approximate surface area is 198 Å². The number of aromatic nitrogens is 2. The van der Waals surface area contributed by atoms with E-state index in [-0.39, 0.29) is 22.2 Å². The summed E-state index contributed by atoms with van der Waals surface area (Å²) >= 11 is 7.04. The van der Waals surface area contributed by atoms with Crippen LogP contribution < -0.4 is 15.6 Å². The van der Waals surface area contributed by atoms with E-state index in [2.05, 4.69) is 10.3 Å². The maximum atomic E-state index is 13.7. The maximum Gasteiger partial charge on any atom is 0.266 e. The lowest BCUT2D eigenvalue weighted by molar-refractivity contribution is -0.118. The molecule has 9 heteroatoms. The van der Waals surface area contributed by atoms with Crippen LogP contribution in [0.1, 0.15) is 0 Å². The highest BCUT2D eigenvalue weighted by Gasteiger charge is 2.16. The fourth-order valence-electron chi connectivity index (χ4n) is 3.12. The van der Waals surface area contributed by atoms with Crippen molar-refractivity contribution in [2.45, 2.75) is 5.16 Å². The molecule has 0 atom stereocenters. The molecule has 0 aliphatic carbocycles. The minimum absolute atomic E-state index is 0.0328. The summed E-state index contributed by atoms with van der Waals surface area (Å²) in [6.45, 7) is 0.660. The van der Waals surface area contributed by atoms with Gasteiger partial charge in [-0.05, 0) is 42.5 Å². The van der Waals surface area contributed by atoms with Gasteiger partial charge in [-0.2, -0.15) is 0 Å². The lowest BCUT2D eigenvalue weighted by Gasteiger charge is -2.14. The summed E-state index contributed by atoms with van der Waals surface area (Å²) in [5.41, 5.74) is 0.539. The second-order valence-corrected chi connectivity index (χ2v) is 8.30. The zero-order valence-electron chi connectivity index (χ0n) is 17.3. The standard InChI is InChI=1S/C24H19ClFN3O3S/c25-19-14-16(10-11-20(19)26)29-23(31)18-8-4-5-9-21(18)28-24(29)33-15-22(30)27-12-13-32-17-6-2-1-3-7-17/h1-11,14H,12-13,15H2,(H,27,30). The van der Waals surface area contributed by atoms with Crippen molar-refractivity contribution >= 4 is 40.2 Å². The number of fused-ring (bicyclic) bond motifs is 1. The van der Waals surface area contributed by atoms with Crippen molar-refractivity contribution < 1.29 is 13.9 Å². The Morgan fingerprint density at radius 2 is 1.85 bits per heavy atom. The summed E-state index contributed by atoms with van der Waals surface area (Å²) in [7, 11) is 0. The highest BCUT2D eigenvalue weighted by Crippen LogP contribution is 2.24. The van der Waals surface area contributed by atoms with Gasteiger partial charge in [-0.15, -0.1) is 0 Å². The topological polar surface area (TPSA) is 73.2 Å². The van der Waals surface area contributed by atoms with Crippen LogP contribution in [0.15, 0.2) is 82.7 Å². The number of nitrogens with one attached hydrogen (secondary N) is 1. The van der Waals surface area contributed by atoms with Crippen LogP contribution >= 0.6 is 23.4 Å². The Morgan fingerprint density at radius 1 is 1.09 bits per heavy atom. The lowest BCUT2D eigenvalue weighted by Crippen LogP contribution is -2.30. The van der Waals surface area contributed by atoms with Gasteiger partial charge in [0, 0.05) is 0 Å². The summed E-state index contributed by atoms with van der Waals surface area (Å²) in [5, 5.41) is 3.38. The smallest absolute Gasteiger partial charge is 0.266 e. The van der Waals surface area contributed by atoms with Gasteiger partial charge in [-0.3, -0.25) is 14.2 Å². The summed E-state index contributed by atoms with van der Waals surface area (Å²) in [6, 6.07) is 20.2. The predicted octanol–water partition coefficient (Wildman–Crippen LogP) is 4.47. The van der Waals surface area contributed by atoms with Crippen LogP contribution in [0.5, 0.6) is 5.75 Å². The van der Waals surface area contributed by atoms with Crippen LogP contribution in [0.2, 0.25) is 5.02 Å². The molecular formula is C24H19ClFN3O3S. The quantitative estimate of drug-likeness (QED) is 0.227. The summed E-state index contributed by atoms with van der Waals surface area (Å²) in [4.78, 5) is 30.1. The van der Waals surface area contributed by atoms with Crippen LogP contribution in [0.3, 0.4) is 0 Å². The normalized spacial score (nSPS) is 10.8. The van der Waals surface area contributed by atoms with Crippen LogP contribution in [-0.2, 0) is 4.79 Å². The highest BCUT2D eigenvalue weighted by molar-refractivity contribution is 7.99. The average Bonchev–Trinajstić information content (AvgIpc) is 2.83. The number of carbonyl (C=O) groups excluding carboxylic acids is 1. The molecule has 0 bridgehead atoms. The molecule has 1 N–H and O–H groups in total. The first-order chi connectivity index (χ1) is 16.0. The maximum absolute atomic E-state index is 13.7. The van der Waals surface area contributed by atoms with Gasteiger partial charge in [-0.25, -0.2) is 9.37 Å². The average molecular weight is 484 g/mol. The number of ether oxygens (including phenoxy) is 1. The van der Waals surface area contributed by atoms with E-state index in [1.165, 1.54) is 22.8 Å². The summed E-state index contributed by atoms with van der Waals surface area (Å²) < 4.78 is 20.6. The van der Waals surface area contributed by atoms with Gasteiger partial charge in [0.25, 0.3) is 5.56 Å². The fourth-order valence-corrected chi connectivity index (χ4v) is 4.14. The predicted molar refractivity (Wildman–Crippen MR) is 128 cm³/mol. The van der Waals surface area contributed by atoms with E-state index in [1.54, 1.807) is 24.3 Å². The number of hydrogen-bond donors (Lipinski definition) is 1. The number of hydrogen-bond acceptors (Lipinski definition) is 5. The SMILES string of the molecule is O=C(CSc1nc2ccccc2c(=O)n1-c1ccc(F)c(Cl)c1)NCCOc1ccccc1. The number of para-hydroxylation sites is 2. The van der Waals surface area contributed by atoms with E-state index in [0.29, 0.717) is 34.9 Å². The molecule has 1 heterocycles. The second-order valence-electron chi connectivity index (χ2n) is 6.95. The molecule has 0 radical (unpaired) electrons. The molecule has 168 valence electrons.